The lowest BCUT2D eigenvalue weighted by Gasteiger charge is -2.19. The maximum absolute atomic E-state index is 12.8. The van der Waals surface area contributed by atoms with Gasteiger partial charge in [-0.3, -0.25) is 4.79 Å². The monoisotopic (exact) mass is 408 g/mol. The Kier molecular flexibility index (Phi) is 6.19. The molecular formula is C19H23F3N6O. The highest BCUT2D eigenvalue weighted by Gasteiger charge is 2.30. The Bertz CT molecular complexity index is 865. The molecule has 10 heteroatoms. The first kappa shape index (κ1) is 20.8. The molecule has 156 valence electrons. The molecule has 0 atom stereocenters. The number of hydrogen-bond acceptors (Lipinski definition) is 6. The Morgan fingerprint density at radius 1 is 1.17 bits per heavy atom. The van der Waals surface area contributed by atoms with Crippen molar-refractivity contribution in [2.45, 2.75) is 32.0 Å². The van der Waals surface area contributed by atoms with Gasteiger partial charge in [0.1, 0.15) is 0 Å². The summed E-state index contributed by atoms with van der Waals surface area (Å²) in [5.74, 6) is 1.06. The topological polar surface area (TPSA) is 74.2 Å². The second kappa shape index (κ2) is 8.62. The molecule has 1 N–H and O–H groups in total. The molecular weight excluding hydrogens is 385 g/mol. The van der Waals surface area contributed by atoms with Crippen molar-refractivity contribution in [3.63, 3.8) is 0 Å². The number of anilines is 2. The molecule has 0 radical (unpaired) electrons. The van der Waals surface area contributed by atoms with Crippen molar-refractivity contribution in [2.75, 3.05) is 37.0 Å². The normalized spacial score (nSPS) is 14.2. The maximum atomic E-state index is 12.8. The first-order valence-corrected chi connectivity index (χ1v) is 9.32. The second-order valence-electron chi connectivity index (χ2n) is 7.09. The van der Waals surface area contributed by atoms with Gasteiger partial charge in [0.05, 0.1) is 18.5 Å². The Labute approximate surface area is 167 Å². The van der Waals surface area contributed by atoms with Gasteiger partial charge in [0, 0.05) is 27.2 Å². The number of nitrogens with zero attached hydrogens (tertiary/aromatic N) is 5. The van der Waals surface area contributed by atoms with Gasteiger partial charge in [0.25, 0.3) is 0 Å². The van der Waals surface area contributed by atoms with E-state index in [4.69, 9.17) is 0 Å². The maximum Gasteiger partial charge on any atom is 0.416 e. The minimum Gasteiger partial charge on any atom is -0.349 e. The SMILES string of the molecule is CN(C)c1nc(CNC(=O)Cc2cccc(C(F)(F)F)c2)nc(N2CCCC2)n1. The summed E-state index contributed by atoms with van der Waals surface area (Å²) in [6, 6.07) is 4.75. The average molecular weight is 408 g/mol. The summed E-state index contributed by atoms with van der Waals surface area (Å²) in [5, 5.41) is 2.68. The summed E-state index contributed by atoms with van der Waals surface area (Å²) in [4.78, 5) is 29.3. The molecule has 0 bridgehead atoms. The van der Waals surface area contributed by atoms with Crippen LogP contribution in [-0.4, -0.2) is 48.0 Å². The zero-order valence-electron chi connectivity index (χ0n) is 16.3. The largest absolute Gasteiger partial charge is 0.416 e. The van der Waals surface area contributed by atoms with E-state index in [1.165, 1.54) is 12.1 Å². The van der Waals surface area contributed by atoms with Crippen molar-refractivity contribution in [3.8, 4) is 0 Å². The highest BCUT2D eigenvalue weighted by molar-refractivity contribution is 5.78. The van der Waals surface area contributed by atoms with Crippen LogP contribution in [0.1, 0.15) is 29.8 Å². The first-order valence-electron chi connectivity index (χ1n) is 9.32. The molecule has 1 fully saturated rings. The number of aromatic nitrogens is 3. The molecule has 7 nitrogen and oxygen atoms in total. The predicted molar refractivity (Wildman–Crippen MR) is 103 cm³/mol. The number of rotatable bonds is 6. The van der Waals surface area contributed by atoms with E-state index in [2.05, 4.69) is 25.2 Å². The number of hydrogen-bond donors (Lipinski definition) is 1. The van der Waals surface area contributed by atoms with E-state index in [9.17, 15) is 18.0 Å². The zero-order valence-corrected chi connectivity index (χ0v) is 16.3. The highest BCUT2D eigenvalue weighted by atomic mass is 19.4. The molecule has 0 saturated carbocycles. The minimum atomic E-state index is -4.44. The fourth-order valence-corrected chi connectivity index (χ4v) is 3.02. The van der Waals surface area contributed by atoms with E-state index in [0.717, 1.165) is 38.1 Å². The van der Waals surface area contributed by atoms with Gasteiger partial charge in [-0.25, -0.2) is 0 Å². The van der Waals surface area contributed by atoms with Crippen LogP contribution in [0.25, 0.3) is 0 Å². The summed E-state index contributed by atoms with van der Waals surface area (Å²) in [6.07, 6.45) is -2.45. The molecule has 0 aliphatic carbocycles. The quantitative estimate of drug-likeness (QED) is 0.791. The molecule has 0 unspecified atom stereocenters. The third kappa shape index (κ3) is 5.55. The Morgan fingerprint density at radius 2 is 1.90 bits per heavy atom. The van der Waals surface area contributed by atoms with E-state index in [-0.39, 0.29) is 13.0 Å². The molecule has 1 aromatic carbocycles. The van der Waals surface area contributed by atoms with Gasteiger partial charge >= 0.3 is 6.18 Å². The number of nitrogens with one attached hydrogen (secondary N) is 1. The number of carbonyl (C=O) groups is 1. The van der Waals surface area contributed by atoms with Crippen LogP contribution in [0.5, 0.6) is 0 Å². The molecule has 1 aromatic heterocycles. The van der Waals surface area contributed by atoms with Gasteiger partial charge < -0.3 is 15.1 Å². The highest BCUT2D eigenvalue weighted by Crippen LogP contribution is 2.29. The van der Waals surface area contributed by atoms with Crippen LogP contribution in [0.15, 0.2) is 24.3 Å². The molecule has 1 amide bonds. The van der Waals surface area contributed by atoms with Crippen molar-refractivity contribution in [1.29, 1.82) is 0 Å². The van der Waals surface area contributed by atoms with E-state index in [0.29, 0.717) is 23.3 Å². The molecule has 29 heavy (non-hydrogen) atoms. The lowest BCUT2D eigenvalue weighted by molar-refractivity contribution is -0.137. The van der Waals surface area contributed by atoms with E-state index in [1.54, 1.807) is 4.90 Å². The lowest BCUT2D eigenvalue weighted by atomic mass is 10.1. The van der Waals surface area contributed by atoms with Gasteiger partial charge in [-0.1, -0.05) is 18.2 Å². The molecule has 0 spiro atoms. The predicted octanol–water partition coefficient (Wildman–Crippen LogP) is 2.42. The molecule has 2 heterocycles. The van der Waals surface area contributed by atoms with Crippen LogP contribution in [0.4, 0.5) is 25.1 Å². The number of amides is 1. The van der Waals surface area contributed by atoms with Crippen molar-refractivity contribution in [2.24, 2.45) is 0 Å². The molecule has 2 aromatic rings. The van der Waals surface area contributed by atoms with Crippen LogP contribution in [0, 0.1) is 0 Å². The lowest BCUT2D eigenvalue weighted by Crippen LogP contribution is -2.28. The van der Waals surface area contributed by atoms with E-state index in [1.807, 2.05) is 14.1 Å². The van der Waals surface area contributed by atoms with Crippen molar-refractivity contribution in [1.82, 2.24) is 20.3 Å². The summed E-state index contributed by atoms with van der Waals surface area (Å²) >= 11 is 0. The van der Waals surface area contributed by atoms with Gasteiger partial charge in [0.2, 0.25) is 17.8 Å². The smallest absolute Gasteiger partial charge is 0.349 e. The van der Waals surface area contributed by atoms with Crippen LogP contribution in [-0.2, 0) is 23.9 Å². The van der Waals surface area contributed by atoms with Crippen molar-refractivity contribution < 1.29 is 18.0 Å². The minimum absolute atomic E-state index is 0.0714. The van der Waals surface area contributed by atoms with Crippen molar-refractivity contribution in [3.05, 3.63) is 41.2 Å². The fourth-order valence-electron chi connectivity index (χ4n) is 3.02. The molecule has 3 rings (SSSR count). The van der Waals surface area contributed by atoms with Gasteiger partial charge in [0.15, 0.2) is 5.82 Å². The van der Waals surface area contributed by atoms with E-state index < -0.39 is 17.6 Å². The van der Waals surface area contributed by atoms with E-state index >= 15 is 0 Å². The number of benzene rings is 1. The summed E-state index contributed by atoms with van der Waals surface area (Å²) < 4.78 is 38.4. The summed E-state index contributed by atoms with van der Waals surface area (Å²) in [5.41, 5.74) is -0.481. The van der Waals surface area contributed by atoms with Crippen LogP contribution < -0.4 is 15.1 Å². The fraction of sp³-hybridized carbons (Fsp3) is 0.474. The molecule has 1 aliphatic heterocycles. The summed E-state index contributed by atoms with van der Waals surface area (Å²) in [7, 11) is 3.64. The number of halogens is 3. The molecule has 1 saturated heterocycles. The molecule has 1 aliphatic rings. The summed E-state index contributed by atoms with van der Waals surface area (Å²) in [6.45, 7) is 1.82. The standard InChI is InChI=1S/C19H23F3N6O/c1-27(2)17-24-15(25-18(26-17)28-8-3-4-9-28)12-23-16(29)11-13-6-5-7-14(10-13)19(20,21)22/h5-7,10H,3-4,8-9,11-12H2,1-2H3,(H,23,29). The Hall–Kier alpha value is -2.91. The van der Waals surface area contributed by atoms with Gasteiger partial charge in [-0.2, -0.15) is 28.1 Å². The van der Waals surface area contributed by atoms with Crippen LogP contribution >= 0.6 is 0 Å². The van der Waals surface area contributed by atoms with Crippen LogP contribution in [0.3, 0.4) is 0 Å². The van der Waals surface area contributed by atoms with Crippen molar-refractivity contribution >= 4 is 17.8 Å². The Balaban J connectivity index is 1.66. The Morgan fingerprint density at radius 3 is 2.55 bits per heavy atom. The van der Waals surface area contributed by atoms with Gasteiger partial charge in [-0.05, 0) is 24.5 Å². The first-order chi connectivity index (χ1) is 13.7. The van der Waals surface area contributed by atoms with Gasteiger partial charge in [-0.15, -0.1) is 0 Å². The average Bonchev–Trinajstić information content (AvgIpc) is 3.20. The number of carbonyl (C=O) groups excluding carboxylic acids is 1. The second-order valence-corrected chi connectivity index (χ2v) is 7.09. The number of alkyl halides is 3. The third-order valence-electron chi connectivity index (χ3n) is 4.51. The zero-order chi connectivity index (χ0) is 21.0. The third-order valence-corrected chi connectivity index (χ3v) is 4.51. The van der Waals surface area contributed by atoms with Crippen LogP contribution in [0.2, 0.25) is 0 Å².